The summed E-state index contributed by atoms with van der Waals surface area (Å²) in [5.41, 5.74) is -1.43. The summed E-state index contributed by atoms with van der Waals surface area (Å²) in [5, 5.41) is 10.5. The van der Waals surface area contributed by atoms with Gasteiger partial charge in [-0.15, -0.1) is 0 Å². The SMILES string of the molecule is CC1CC(C)CN(C(=O)c2cc(F)c([N+](=O)[O-])cc2F)C1. The number of benzene rings is 1. The van der Waals surface area contributed by atoms with Crippen molar-refractivity contribution < 1.29 is 18.5 Å². The molecule has 1 aliphatic rings. The van der Waals surface area contributed by atoms with Crippen molar-refractivity contribution in [1.29, 1.82) is 0 Å². The van der Waals surface area contributed by atoms with Crippen LogP contribution in [0, 0.1) is 33.6 Å². The molecule has 5 nitrogen and oxygen atoms in total. The zero-order valence-corrected chi connectivity index (χ0v) is 11.8. The first-order chi connectivity index (χ1) is 9.79. The molecule has 2 atom stereocenters. The minimum atomic E-state index is -1.21. The molecule has 21 heavy (non-hydrogen) atoms. The molecule has 1 aromatic carbocycles. The molecule has 0 bridgehead atoms. The molecular formula is C14H16F2N2O3. The van der Waals surface area contributed by atoms with E-state index in [4.69, 9.17) is 0 Å². The number of nitro benzene ring substituents is 1. The van der Waals surface area contributed by atoms with Crippen LogP contribution in [0.2, 0.25) is 0 Å². The molecule has 2 rings (SSSR count). The monoisotopic (exact) mass is 298 g/mol. The highest BCUT2D eigenvalue weighted by Gasteiger charge is 2.29. The van der Waals surface area contributed by atoms with Crippen LogP contribution < -0.4 is 0 Å². The van der Waals surface area contributed by atoms with Gasteiger partial charge < -0.3 is 4.90 Å². The van der Waals surface area contributed by atoms with Gasteiger partial charge in [0.05, 0.1) is 16.6 Å². The Balaban J connectivity index is 2.31. The van der Waals surface area contributed by atoms with Crippen LogP contribution in [-0.4, -0.2) is 28.8 Å². The van der Waals surface area contributed by atoms with E-state index in [9.17, 15) is 23.7 Å². The first-order valence-corrected chi connectivity index (χ1v) is 6.72. The Kier molecular flexibility index (Phi) is 4.20. The number of piperidine rings is 1. The average molecular weight is 298 g/mol. The fraction of sp³-hybridized carbons (Fsp3) is 0.500. The van der Waals surface area contributed by atoms with Crippen LogP contribution in [-0.2, 0) is 0 Å². The molecule has 1 heterocycles. The summed E-state index contributed by atoms with van der Waals surface area (Å²) < 4.78 is 27.5. The lowest BCUT2D eigenvalue weighted by atomic mass is 9.91. The predicted molar refractivity (Wildman–Crippen MR) is 71.9 cm³/mol. The number of nitro groups is 1. The van der Waals surface area contributed by atoms with Crippen molar-refractivity contribution in [2.24, 2.45) is 11.8 Å². The van der Waals surface area contributed by atoms with Gasteiger partial charge in [-0.3, -0.25) is 14.9 Å². The lowest BCUT2D eigenvalue weighted by Crippen LogP contribution is -2.42. The van der Waals surface area contributed by atoms with Crippen LogP contribution in [0.4, 0.5) is 14.5 Å². The van der Waals surface area contributed by atoms with Gasteiger partial charge in [0.15, 0.2) is 0 Å². The lowest BCUT2D eigenvalue weighted by Gasteiger charge is -2.35. The molecule has 1 aromatic rings. The number of hydrogen-bond donors (Lipinski definition) is 0. The van der Waals surface area contributed by atoms with E-state index in [0.29, 0.717) is 25.2 Å². The third-order valence-electron chi connectivity index (χ3n) is 3.62. The maximum absolute atomic E-state index is 13.9. The lowest BCUT2D eigenvalue weighted by molar-refractivity contribution is -0.387. The zero-order valence-electron chi connectivity index (χ0n) is 11.8. The van der Waals surface area contributed by atoms with Crippen LogP contribution >= 0.6 is 0 Å². The van der Waals surface area contributed by atoms with E-state index in [1.54, 1.807) is 0 Å². The highest BCUT2D eigenvalue weighted by molar-refractivity contribution is 5.94. The molecule has 0 saturated carbocycles. The fourth-order valence-corrected chi connectivity index (χ4v) is 2.84. The zero-order chi connectivity index (χ0) is 15.7. The molecule has 1 saturated heterocycles. The van der Waals surface area contributed by atoms with Gasteiger partial charge in [0.2, 0.25) is 5.82 Å². The van der Waals surface area contributed by atoms with Gasteiger partial charge in [0.25, 0.3) is 5.91 Å². The van der Waals surface area contributed by atoms with Gasteiger partial charge in [-0.1, -0.05) is 13.8 Å². The molecule has 0 aliphatic carbocycles. The Morgan fingerprint density at radius 2 is 1.81 bits per heavy atom. The number of nitrogens with zero attached hydrogens (tertiary/aromatic N) is 2. The molecule has 0 radical (unpaired) electrons. The van der Waals surface area contributed by atoms with Crippen LogP contribution in [0.3, 0.4) is 0 Å². The van der Waals surface area contributed by atoms with Crippen LogP contribution in [0.1, 0.15) is 30.6 Å². The van der Waals surface area contributed by atoms with Gasteiger partial charge in [0, 0.05) is 13.1 Å². The van der Waals surface area contributed by atoms with Crippen LogP contribution in [0.5, 0.6) is 0 Å². The quantitative estimate of drug-likeness (QED) is 0.623. The average Bonchev–Trinajstić information content (AvgIpc) is 2.38. The first-order valence-electron chi connectivity index (χ1n) is 6.72. The van der Waals surface area contributed by atoms with E-state index < -0.39 is 33.7 Å². The molecule has 2 unspecified atom stereocenters. The Morgan fingerprint density at radius 1 is 1.24 bits per heavy atom. The normalized spacial score (nSPS) is 22.2. The molecule has 1 aliphatic heterocycles. The Bertz CT molecular complexity index is 582. The van der Waals surface area contributed by atoms with Crippen molar-refractivity contribution in [3.8, 4) is 0 Å². The Labute approximate surface area is 120 Å². The maximum Gasteiger partial charge on any atom is 0.307 e. The van der Waals surface area contributed by atoms with Gasteiger partial charge in [0.1, 0.15) is 5.82 Å². The number of hydrogen-bond acceptors (Lipinski definition) is 3. The second-order valence-corrected chi connectivity index (χ2v) is 5.70. The Hall–Kier alpha value is -2.05. The van der Waals surface area contributed by atoms with Crippen LogP contribution in [0.25, 0.3) is 0 Å². The predicted octanol–water partition coefficient (Wildman–Crippen LogP) is 2.99. The fourth-order valence-electron chi connectivity index (χ4n) is 2.84. The molecule has 0 spiro atoms. The van der Waals surface area contributed by atoms with E-state index in [1.807, 2.05) is 13.8 Å². The minimum Gasteiger partial charge on any atom is -0.338 e. The molecule has 1 amide bonds. The topological polar surface area (TPSA) is 63.5 Å². The summed E-state index contributed by atoms with van der Waals surface area (Å²) in [4.78, 5) is 23.3. The van der Waals surface area contributed by atoms with Gasteiger partial charge in [-0.25, -0.2) is 4.39 Å². The van der Waals surface area contributed by atoms with Gasteiger partial charge in [-0.2, -0.15) is 4.39 Å². The van der Waals surface area contributed by atoms with Crippen molar-refractivity contribution >= 4 is 11.6 Å². The number of carbonyl (C=O) groups excluding carboxylic acids is 1. The maximum atomic E-state index is 13.9. The van der Waals surface area contributed by atoms with Crippen LogP contribution in [0.15, 0.2) is 12.1 Å². The number of halogens is 2. The molecular weight excluding hydrogens is 282 g/mol. The number of carbonyl (C=O) groups is 1. The third-order valence-corrected chi connectivity index (χ3v) is 3.62. The summed E-state index contributed by atoms with van der Waals surface area (Å²) in [6.07, 6.45) is 0.973. The smallest absolute Gasteiger partial charge is 0.307 e. The van der Waals surface area contributed by atoms with Gasteiger partial charge in [-0.05, 0) is 24.3 Å². The minimum absolute atomic E-state index is 0.281. The van der Waals surface area contributed by atoms with E-state index in [1.165, 1.54) is 4.90 Å². The van der Waals surface area contributed by atoms with Crippen molar-refractivity contribution in [3.63, 3.8) is 0 Å². The van der Waals surface area contributed by atoms with E-state index in [-0.39, 0.29) is 11.8 Å². The molecule has 114 valence electrons. The molecule has 7 heteroatoms. The summed E-state index contributed by atoms with van der Waals surface area (Å²) >= 11 is 0. The second kappa shape index (κ2) is 5.75. The highest BCUT2D eigenvalue weighted by Crippen LogP contribution is 2.26. The highest BCUT2D eigenvalue weighted by atomic mass is 19.1. The number of rotatable bonds is 2. The largest absolute Gasteiger partial charge is 0.338 e. The molecule has 0 aromatic heterocycles. The standard InChI is InChI=1S/C14H16F2N2O3/c1-8-3-9(2)7-17(6-8)14(19)10-4-12(16)13(18(20)21)5-11(10)15/h4-5,8-9H,3,6-7H2,1-2H3. The third kappa shape index (κ3) is 3.17. The number of amides is 1. The van der Waals surface area contributed by atoms with E-state index >= 15 is 0 Å². The first kappa shape index (κ1) is 15.3. The van der Waals surface area contributed by atoms with Crippen molar-refractivity contribution in [1.82, 2.24) is 4.90 Å². The van der Waals surface area contributed by atoms with Gasteiger partial charge >= 0.3 is 5.69 Å². The van der Waals surface area contributed by atoms with E-state index in [2.05, 4.69) is 0 Å². The summed E-state index contributed by atoms with van der Waals surface area (Å²) in [5.74, 6) is -2.34. The summed E-state index contributed by atoms with van der Waals surface area (Å²) in [6.45, 7) is 4.92. The van der Waals surface area contributed by atoms with Crippen molar-refractivity contribution in [3.05, 3.63) is 39.4 Å². The number of likely N-dealkylation sites (tertiary alicyclic amines) is 1. The van der Waals surface area contributed by atoms with Crippen molar-refractivity contribution in [2.45, 2.75) is 20.3 Å². The van der Waals surface area contributed by atoms with E-state index in [0.717, 1.165) is 6.42 Å². The van der Waals surface area contributed by atoms with Crippen molar-refractivity contribution in [2.75, 3.05) is 13.1 Å². The second-order valence-electron chi connectivity index (χ2n) is 5.70. The molecule has 0 N–H and O–H groups in total. The summed E-state index contributed by atoms with van der Waals surface area (Å²) in [6, 6.07) is 1.07. The Morgan fingerprint density at radius 3 is 2.33 bits per heavy atom. The summed E-state index contributed by atoms with van der Waals surface area (Å²) in [7, 11) is 0. The molecule has 1 fully saturated rings.